The predicted octanol–water partition coefficient (Wildman–Crippen LogP) is 3.47. The fourth-order valence-corrected chi connectivity index (χ4v) is 1.47. The largest absolute Gasteiger partial charge is 0.316 e. The molecule has 1 aromatic rings. The Morgan fingerprint density at radius 3 is 2.92 bits per heavy atom. The molecule has 0 aliphatic rings. The van der Waals surface area contributed by atoms with Gasteiger partial charge in [-0.2, -0.15) is 0 Å². The van der Waals surface area contributed by atoms with Crippen LogP contribution in [0, 0.1) is 6.57 Å². The van der Waals surface area contributed by atoms with Crippen LogP contribution in [0.1, 0.15) is 18.4 Å². The van der Waals surface area contributed by atoms with Crippen LogP contribution < -0.4 is 0 Å². The second kappa shape index (κ2) is 4.27. The summed E-state index contributed by atoms with van der Waals surface area (Å²) < 4.78 is 1.08. The second-order valence-electron chi connectivity index (χ2n) is 2.80. The van der Waals surface area contributed by atoms with Crippen molar-refractivity contribution in [2.45, 2.75) is 12.8 Å². The number of hydrogen-bond donors (Lipinski definition) is 0. The fourth-order valence-electron chi connectivity index (χ4n) is 1.06. The molecule has 1 nitrogen and oxygen atoms in total. The van der Waals surface area contributed by atoms with Crippen molar-refractivity contribution in [3.63, 3.8) is 0 Å². The fraction of sp³-hybridized carbons (Fsp3) is 0.300. The zero-order valence-corrected chi connectivity index (χ0v) is 8.51. The third-order valence-electron chi connectivity index (χ3n) is 1.78. The lowest BCUT2D eigenvalue weighted by molar-refractivity contribution is 0.833. The predicted molar refractivity (Wildman–Crippen MR) is 54.0 cm³/mol. The van der Waals surface area contributed by atoms with Crippen molar-refractivity contribution >= 4 is 15.9 Å². The van der Waals surface area contributed by atoms with Crippen LogP contribution in [-0.4, -0.2) is 6.54 Å². The van der Waals surface area contributed by atoms with Crippen molar-refractivity contribution in [1.29, 1.82) is 0 Å². The summed E-state index contributed by atoms with van der Waals surface area (Å²) in [7, 11) is 0. The Morgan fingerprint density at radius 1 is 1.58 bits per heavy atom. The van der Waals surface area contributed by atoms with Crippen molar-refractivity contribution in [3.8, 4) is 0 Å². The molecule has 1 atom stereocenters. The summed E-state index contributed by atoms with van der Waals surface area (Å²) in [5.41, 5.74) is 1.22. The van der Waals surface area contributed by atoms with Gasteiger partial charge in [-0.05, 0) is 17.7 Å². The van der Waals surface area contributed by atoms with E-state index in [0.29, 0.717) is 12.5 Å². The molecule has 0 saturated heterocycles. The van der Waals surface area contributed by atoms with Crippen LogP contribution in [0.3, 0.4) is 0 Å². The summed E-state index contributed by atoms with van der Waals surface area (Å²) in [6.07, 6.45) is 0. The van der Waals surface area contributed by atoms with Gasteiger partial charge in [0.15, 0.2) is 0 Å². The van der Waals surface area contributed by atoms with Gasteiger partial charge in [0.25, 0.3) is 0 Å². The standard InChI is InChI=1S/C10H10BrN/c1-8(7-12-2)9-4-3-5-10(11)6-9/h3-6,8H,7H2,1H3. The molecule has 1 unspecified atom stereocenters. The van der Waals surface area contributed by atoms with Crippen LogP contribution >= 0.6 is 15.9 Å². The maximum Gasteiger partial charge on any atom is 0.221 e. The van der Waals surface area contributed by atoms with Gasteiger partial charge in [0.2, 0.25) is 6.54 Å². The zero-order chi connectivity index (χ0) is 8.97. The van der Waals surface area contributed by atoms with E-state index in [2.05, 4.69) is 39.8 Å². The first-order chi connectivity index (χ1) is 5.74. The SMILES string of the molecule is [C-]#[N+]CC(C)c1cccc(Br)c1. The van der Waals surface area contributed by atoms with Crippen molar-refractivity contribution in [2.24, 2.45) is 0 Å². The molecule has 0 aliphatic carbocycles. The first-order valence-corrected chi connectivity index (χ1v) is 4.62. The zero-order valence-electron chi connectivity index (χ0n) is 6.92. The van der Waals surface area contributed by atoms with Crippen molar-refractivity contribution in [3.05, 3.63) is 45.7 Å². The molecular weight excluding hydrogens is 214 g/mol. The molecule has 0 fully saturated rings. The highest BCUT2D eigenvalue weighted by Gasteiger charge is 2.07. The molecule has 1 rings (SSSR count). The molecular formula is C10H10BrN. The maximum atomic E-state index is 6.75. The van der Waals surface area contributed by atoms with Crippen LogP contribution in [0.4, 0.5) is 0 Å². The minimum atomic E-state index is 0.333. The number of hydrogen-bond acceptors (Lipinski definition) is 0. The molecule has 0 saturated carbocycles. The minimum Gasteiger partial charge on any atom is -0.316 e. The molecule has 2 heteroatoms. The quantitative estimate of drug-likeness (QED) is 0.677. The summed E-state index contributed by atoms with van der Waals surface area (Å²) in [5, 5.41) is 0. The Hall–Kier alpha value is -0.810. The van der Waals surface area contributed by atoms with Crippen molar-refractivity contribution in [2.75, 3.05) is 6.54 Å². The molecule has 12 heavy (non-hydrogen) atoms. The van der Waals surface area contributed by atoms with Crippen LogP contribution in [0.25, 0.3) is 4.85 Å². The van der Waals surface area contributed by atoms with E-state index in [4.69, 9.17) is 6.57 Å². The Kier molecular flexibility index (Phi) is 3.31. The second-order valence-corrected chi connectivity index (χ2v) is 3.71. The molecule has 0 amide bonds. The third-order valence-corrected chi connectivity index (χ3v) is 2.28. The van der Waals surface area contributed by atoms with Crippen molar-refractivity contribution < 1.29 is 0 Å². The third kappa shape index (κ3) is 2.35. The summed E-state index contributed by atoms with van der Waals surface area (Å²) >= 11 is 3.40. The van der Waals surface area contributed by atoms with E-state index in [0.717, 1.165) is 4.47 Å². The van der Waals surface area contributed by atoms with E-state index in [1.165, 1.54) is 5.56 Å². The van der Waals surface area contributed by atoms with Gasteiger partial charge in [-0.3, -0.25) is 0 Å². The van der Waals surface area contributed by atoms with Gasteiger partial charge >= 0.3 is 0 Å². The minimum absolute atomic E-state index is 0.333. The first-order valence-electron chi connectivity index (χ1n) is 3.82. The molecule has 62 valence electrons. The molecule has 1 aromatic carbocycles. The lowest BCUT2D eigenvalue weighted by atomic mass is 10.0. The molecule has 0 heterocycles. The number of benzene rings is 1. The number of rotatable bonds is 2. The summed E-state index contributed by atoms with van der Waals surface area (Å²) in [6.45, 7) is 9.38. The summed E-state index contributed by atoms with van der Waals surface area (Å²) in [5.74, 6) is 0.333. The first kappa shape index (κ1) is 9.28. The van der Waals surface area contributed by atoms with Gasteiger partial charge in [-0.15, -0.1) is 0 Å². The van der Waals surface area contributed by atoms with Crippen LogP contribution in [0.2, 0.25) is 0 Å². The number of nitrogens with zero attached hydrogens (tertiary/aromatic N) is 1. The molecule has 0 bridgehead atoms. The Balaban J connectivity index is 2.82. The van der Waals surface area contributed by atoms with E-state index in [1.807, 2.05) is 12.1 Å². The smallest absolute Gasteiger partial charge is 0.221 e. The molecule has 0 spiro atoms. The monoisotopic (exact) mass is 223 g/mol. The van der Waals surface area contributed by atoms with Crippen molar-refractivity contribution in [1.82, 2.24) is 0 Å². The van der Waals surface area contributed by atoms with E-state index in [1.54, 1.807) is 0 Å². The van der Waals surface area contributed by atoms with Crippen LogP contribution in [0.15, 0.2) is 28.7 Å². The summed E-state index contributed by atoms with van der Waals surface area (Å²) in [4.78, 5) is 3.38. The normalized spacial score (nSPS) is 12.1. The van der Waals surface area contributed by atoms with Gasteiger partial charge in [-0.1, -0.05) is 35.0 Å². The molecule has 0 N–H and O–H groups in total. The van der Waals surface area contributed by atoms with Crippen LogP contribution in [-0.2, 0) is 0 Å². The average molecular weight is 224 g/mol. The highest BCUT2D eigenvalue weighted by Crippen LogP contribution is 2.19. The van der Waals surface area contributed by atoms with Gasteiger partial charge in [0.1, 0.15) is 0 Å². The van der Waals surface area contributed by atoms with E-state index < -0.39 is 0 Å². The van der Waals surface area contributed by atoms with E-state index in [-0.39, 0.29) is 0 Å². The lowest BCUT2D eigenvalue weighted by Gasteiger charge is -2.04. The average Bonchev–Trinajstić information content (AvgIpc) is 2.05. The Morgan fingerprint density at radius 2 is 2.33 bits per heavy atom. The van der Waals surface area contributed by atoms with Gasteiger partial charge in [0, 0.05) is 4.47 Å². The Bertz CT molecular complexity index is 301. The van der Waals surface area contributed by atoms with E-state index in [9.17, 15) is 0 Å². The number of halogens is 1. The highest BCUT2D eigenvalue weighted by molar-refractivity contribution is 9.10. The molecule has 0 aliphatic heterocycles. The molecule has 0 radical (unpaired) electrons. The molecule has 0 aromatic heterocycles. The van der Waals surface area contributed by atoms with Gasteiger partial charge < -0.3 is 4.85 Å². The lowest BCUT2D eigenvalue weighted by Crippen LogP contribution is -1.95. The van der Waals surface area contributed by atoms with E-state index >= 15 is 0 Å². The van der Waals surface area contributed by atoms with Gasteiger partial charge in [-0.25, -0.2) is 6.57 Å². The maximum absolute atomic E-state index is 6.75. The topological polar surface area (TPSA) is 4.36 Å². The van der Waals surface area contributed by atoms with Crippen LogP contribution in [0.5, 0.6) is 0 Å². The summed E-state index contributed by atoms with van der Waals surface area (Å²) in [6, 6.07) is 8.12. The van der Waals surface area contributed by atoms with Gasteiger partial charge in [0.05, 0.1) is 5.92 Å². The highest BCUT2D eigenvalue weighted by atomic mass is 79.9. The Labute approximate surface area is 81.4 Å².